The number of nitrogens with zero attached hydrogens (tertiary/aromatic N) is 2. The highest BCUT2D eigenvalue weighted by Crippen LogP contribution is 2.25. The Kier molecular flexibility index (Phi) is 6.49. The van der Waals surface area contributed by atoms with Crippen LogP contribution < -0.4 is 4.90 Å². The lowest BCUT2D eigenvalue weighted by molar-refractivity contribution is 0.0753. The first kappa shape index (κ1) is 20.8. The second-order valence-corrected chi connectivity index (χ2v) is 7.22. The molecule has 2 aromatic carbocycles. The van der Waals surface area contributed by atoms with Crippen LogP contribution in [0.25, 0.3) is 0 Å². The summed E-state index contributed by atoms with van der Waals surface area (Å²) >= 11 is 3.18. The minimum atomic E-state index is -0.371. The first-order valence-electron chi connectivity index (χ1n) is 9.07. The van der Waals surface area contributed by atoms with Gasteiger partial charge in [0.2, 0.25) is 0 Å². The Bertz CT molecular complexity index is 1030. The summed E-state index contributed by atoms with van der Waals surface area (Å²) in [5, 5.41) is 0. The molecule has 150 valence electrons. The number of rotatable bonds is 6. The Morgan fingerprint density at radius 3 is 2.45 bits per heavy atom. The second kappa shape index (κ2) is 9.05. The molecule has 2 amide bonds. The van der Waals surface area contributed by atoms with E-state index >= 15 is 0 Å². The van der Waals surface area contributed by atoms with Crippen LogP contribution in [0.3, 0.4) is 0 Å². The largest absolute Gasteiger partial charge is 0.444 e. The smallest absolute Gasteiger partial charge is 0.293 e. The molecular weight excluding hydrogens is 439 g/mol. The molecule has 0 saturated heterocycles. The molecule has 0 spiro atoms. The van der Waals surface area contributed by atoms with Crippen molar-refractivity contribution in [1.29, 1.82) is 0 Å². The number of anilines is 1. The fourth-order valence-corrected chi connectivity index (χ4v) is 3.31. The van der Waals surface area contributed by atoms with Gasteiger partial charge in [-0.05, 0) is 64.8 Å². The van der Waals surface area contributed by atoms with Gasteiger partial charge in [0.1, 0.15) is 5.82 Å². The Balaban J connectivity index is 1.88. The molecule has 5 nitrogen and oxygen atoms in total. The lowest BCUT2D eigenvalue weighted by atomic mass is 10.1. The van der Waals surface area contributed by atoms with Crippen molar-refractivity contribution in [2.75, 3.05) is 18.5 Å². The van der Waals surface area contributed by atoms with Gasteiger partial charge < -0.3 is 14.2 Å². The Labute approximate surface area is 176 Å². The molecule has 29 heavy (non-hydrogen) atoms. The third-order valence-electron chi connectivity index (χ3n) is 4.52. The molecule has 0 N–H and O–H groups in total. The number of hydrogen-bond acceptors (Lipinski definition) is 3. The maximum absolute atomic E-state index is 13.5. The molecule has 0 bridgehead atoms. The zero-order chi connectivity index (χ0) is 21.0. The molecule has 1 aromatic heterocycles. The molecule has 0 radical (unpaired) electrons. The van der Waals surface area contributed by atoms with Crippen LogP contribution in [-0.4, -0.2) is 30.3 Å². The normalized spacial score (nSPS) is 10.6. The van der Waals surface area contributed by atoms with Crippen LogP contribution in [-0.2, 0) is 6.54 Å². The first-order chi connectivity index (χ1) is 13.9. The van der Waals surface area contributed by atoms with Gasteiger partial charge in [0.25, 0.3) is 11.8 Å². The average molecular weight is 459 g/mol. The average Bonchev–Trinajstić information content (AvgIpc) is 3.16. The van der Waals surface area contributed by atoms with Crippen LogP contribution in [0.2, 0.25) is 0 Å². The van der Waals surface area contributed by atoms with Crippen LogP contribution in [0.15, 0.2) is 69.8 Å². The highest BCUT2D eigenvalue weighted by Gasteiger charge is 2.24. The van der Waals surface area contributed by atoms with Crippen LogP contribution >= 0.6 is 15.9 Å². The van der Waals surface area contributed by atoms with Gasteiger partial charge in [0.15, 0.2) is 10.4 Å². The van der Waals surface area contributed by atoms with E-state index in [1.54, 1.807) is 60.5 Å². The van der Waals surface area contributed by atoms with E-state index in [0.29, 0.717) is 28.0 Å². The number of para-hydroxylation sites is 1. The molecule has 0 saturated carbocycles. The predicted octanol–water partition coefficient (Wildman–Crippen LogP) is 5.12. The van der Waals surface area contributed by atoms with E-state index in [1.165, 1.54) is 17.0 Å². The van der Waals surface area contributed by atoms with Crippen molar-refractivity contribution in [3.63, 3.8) is 0 Å². The van der Waals surface area contributed by atoms with E-state index in [4.69, 9.17) is 4.42 Å². The van der Waals surface area contributed by atoms with E-state index in [2.05, 4.69) is 15.9 Å². The number of carbonyl (C=O) groups is 2. The molecular formula is C22H20BrFN2O3. The van der Waals surface area contributed by atoms with Gasteiger partial charge in [0, 0.05) is 20.1 Å². The van der Waals surface area contributed by atoms with E-state index in [-0.39, 0.29) is 29.9 Å². The lowest BCUT2D eigenvalue weighted by Crippen LogP contribution is -2.33. The summed E-state index contributed by atoms with van der Waals surface area (Å²) in [6.07, 6.45) is 0. The van der Waals surface area contributed by atoms with E-state index in [9.17, 15) is 14.0 Å². The molecule has 0 atom stereocenters. The van der Waals surface area contributed by atoms with Gasteiger partial charge in [-0.2, -0.15) is 0 Å². The highest BCUT2D eigenvalue weighted by molar-refractivity contribution is 9.10. The molecule has 7 heteroatoms. The molecule has 0 fully saturated rings. The molecule has 0 aliphatic rings. The zero-order valence-corrected chi connectivity index (χ0v) is 17.6. The number of benzene rings is 2. The number of halogens is 2. The monoisotopic (exact) mass is 458 g/mol. The number of amides is 2. The van der Waals surface area contributed by atoms with Crippen molar-refractivity contribution in [1.82, 2.24) is 4.90 Å². The van der Waals surface area contributed by atoms with Crippen LogP contribution in [0.4, 0.5) is 10.1 Å². The first-order valence-corrected chi connectivity index (χ1v) is 9.86. The lowest BCUT2D eigenvalue weighted by Gasteiger charge is -2.25. The summed E-state index contributed by atoms with van der Waals surface area (Å²) in [6, 6.07) is 16.3. The summed E-state index contributed by atoms with van der Waals surface area (Å²) in [6.45, 7) is 2.56. The van der Waals surface area contributed by atoms with Crippen LogP contribution in [0.1, 0.15) is 33.4 Å². The maximum atomic E-state index is 13.5. The molecule has 3 aromatic rings. The standard InChI is InChI=1S/C22H20BrFN2O3/c1-3-26(14-15-7-6-8-16(24)13-15)21(27)17-9-4-5-10-18(17)25(2)22(28)19-11-12-20(23)29-19/h4-13H,3,14H2,1-2H3. The molecule has 0 aliphatic heterocycles. The van der Waals surface area contributed by atoms with Crippen LogP contribution in [0.5, 0.6) is 0 Å². The summed E-state index contributed by atoms with van der Waals surface area (Å²) in [5.41, 5.74) is 1.54. The summed E-state index contributed by atoms with van der Waals surface area (Å²) in [4.78, 5) is 29.0. The fraction of sp³-hybridized carbons (Fsp3) is 0.182. The molecule has 1 heterocycles. The fourth-order valence-electron chi connectivity index (χ4n) is 3.00. The quantitative estimate of drug-likeness (QED) is 0.514. The van der Waals surface area contributed by atoms with Crippen molar-refractivity contribution < 1.29 is 18.4 Å². The van der Waals surface area contributed by atoms with Gasteiger partial charge in [-0.25, -0.2) is 4.39 Å². The van der Waals surface area contributed by atoms with Crippen molar-refractivity contribution in [2.45, 2.75) is 13.5 Å². The number of carbonyl (C=O) groups excluding carboxylic acids is 2. The molecule has 3 rings (SSSR count). The van der Waals surface area contributed by atoms with Crippen molar-refractivity contribution in [3.8, 4) is 0 Å². The number of hydrogen-bond donors (Lipinski definition) is 0. The summed E-state index contributed by atoms with van der Waals surface area (Å²) < 4.78 is 19.3. The van der Waals surface area contributed by atoms with E-state index in [0.717, 1.165) is 0 Å². The van der Waals surface area contributed by atoms with E-state index < -0.39 is 0 Å². The third kappa shape index (κ3) is 4.74. The highest BCUT2D eigenvalue weighted by atomic mass is 79.9. The summed E-state index contributed by atoms with van der Waals surface area (Å²) in [7, 11) is 1.59. The van der Waals surface area contributed by atoms with E-state index in [1.807, 2.05) is 6.92 Å². The second-order valence-electron chi connectivity index (χ2n) is 6.43. The third-order valence-corrected chi connectivity index (χ3v) is 4.94. The molecule has 0 aliphatic carbocycles. The Morgan fingerprint density at radius 2 is 1.79 bits per heavy atom. The maximum Gasteiger partial charge on any atom is 0.293 e. The minimum absolute atomic E-state index is 0.161. The minimum Gasteiger partial charge on any atom is -0.444 e. The Hall–Kier alpha value is -2.93. The van der Waals surface area contributed by atoms with Gasteiger partial charge in [-0.3, -0.25) is 9.59 Å². The number of furan rings is 1. The predicted molar refractivity (Wildman–Crippen MR) is 112 cm³/mol. The van der Waals surface area contributed by atoms with Gasteiger partial charge >= 0.3 is 0 Å². The zero-order valence-electron chi connectivity index (χ0n) is 16.1. The van der Waals surface area contributed by atoms with Crippen molar-refractivity contribution in [2.24, 2.45) is 0 Å². The van der Waals surface area contributed by atoms with Crippen molar-refractivity contribution >= 4 is 33.4 Å². The molecule has 0 unspecified atom stereocenters. The Morgan fingerprint density at radius 1 is 1.03 bits per heavy atom. The summed E-state index contributed by atoms with van der Waals surface area (Å²) in [5.74, 6) is -0.799. The van der Waals surface area contributed by atoms with Crippen molar-refractivity contribution in [3.05, 3.63) is 88.0 Å². The van der Waals surface area contributed by atoms with Gasteiger partial charge in [-0.1, -0.05) is 24.3 Å². The van der Waals surface area contributed by atoms with Gasteiger partial charge in [0.05, 0.1) is 11.3 Å². The van der Waals surface area contributed by atoms with Crippen LogP contribution in [0, 0.1) is 5.82 Å². The van der Waals surface area contributed by atoms with Gasteiger partial charge in [-0.15, -0.1) is 0 Å². The topological polar surface area (TPSA) is 53.8 Å². The SMILES string of the molecule is CCN(Cc1cccc(F)c1)C(=O)c1ccccc1N(C)C(=O)c1ccc(Br)o1.